The SMILES string of the molecule is CCOc1cc(C)c(C)cc1CCC#N. The first kappa shape index (κ1) is 11.6. The molecule has 0 aliphatic rings. The monoisotopic (exact) mass is 203 g/mol. The third-order valence-electron chi connectivity index (χ3n) is 2.48. The van der Waals surface area contributed by atoms with Crippen molar-refractivity contribution in [3.8, 4) is 11.8 Å². The van der Waals surface area contributed by atoms with Crippen LogP contribution in [0.25, 0.3) is 0 Å². The molecule has 0 saturated carbocycles. The number of hydrogen-bond acceptors (Lipinski definition) is 2. The van der Waals surface area contributed by atoms with Crippen LogP contribution in [0, 0.1) is 25.2 Å². The lowest BCUT2D eigenvalue weighted by molar-refractivity contribution is 0.336. The van der Waals surface area contributed by atoms with E-state index in [0.29, 0.717) is 13.0 Å². The maximum atomic E-state index is 8.58. The molecule has 0 aliphatic carbocycles. The van der Waals surface area contributed by atoms with Gasteiger partial charge in [0.05, 0.1) is 12.7 Å². The zero-order valence-electron chi connectivity index (χ0n) is 9.63. The van der Waals surface area contributed by atoms with Gasteiger partial charge in [-0.15, -0.1) is 0 Å². The summed E-state index contributed by atoms with van der Waals surface area (Å²) >= 11 is 0. The molecular weight excluding hydrogens is 186 g/mol. The summed E-state index contributed by atoms with van der Waals surface area (Å²) in [4.78, 5) is 0. The van der Waals surface area contributed by atoms with Crippen LogP contribution < -0.4 is 4.74 Å². The molecule has 0 heterocycles. The van der Waals surface area contributed by atoms with Crippen molar-refractivity contribution in [1.29, 1.82) is 5.26 Å². The molecule has 0 amide bonds. The predicted octanol–water partition coefficient (Wildman–Crippen LogP) is 3.16. The average Bonchev–Trinajstić information content (AvgIpc) is 2.21. The Morgan fingerprint density at radius 1 is 1.27 bits per heavy atom. The van der Waals surface area contributed by atoms with Crippen molar-refractivity contribution in [2.45, 2.75) is 33.6 Å². The van der Waals surface area contributed by atoms with Crippen molar-refractivity contribution in [3.05, 3.63) is 28.8 Å². The van der Waals surface area contributed by atoms with E-state index >= 15 is 0 Å². The van der Waals surface area contributed by atoms with E-state index in [-0.39, 0.29) is 0 Å². The van der Waals surface area contributed by atoms with Crippen LogP contribution in [0.3, 0.4) is 0 Å². The van der Waals surface area contributed by atoms with Crippen LogP contribution in [0.4, 0.5) is 0 Å². The number of hydrogen-bond donors (Lipinski definition) is 0. The third kappa shape index (κ3) is 2.99. The van der Waals surface area contributed by atoms with Gasteiger partial charge in [0.2, 0.25) is 0 Å². The van der Waals surface area contributed by atoms with E-state index in [2.05, 4.69) is 32.0 Å². The lowest BCUT2D eigenvalue weighted by atomic mass is 10.0. The second-order valence-corrected chi connectivity index (χ2v) is 3.64. The summed E-state index contributed by atoms with van der Waals surface area (Å²) < 4.78 is 5.56. The van der Waals surface area contributed by atoms with Crippen molar-refractivity contribution in [3.63, 3.8) is 0 Å². The molecular formula is C13H17NO. The topological polar surface area (TPSA) is 33.0 Å². The van der Waals surface area contributed by atoms with Gasteiger partial charge < -0.3 is 4.74 Å². The molecule has 0 N–H and O–H groups in total. The molecule has 0 aliphatic heterocycles. The summed E-state index contributed by atoms with van der Waals surface area (Å²) in [7, 11) is 0. The maximum Gasteiger partial charge on any atom is 0.122 e. The van der Waals surface area contributed by atoms with E-state index < -0.39 is 0 Å². The van der Waals surface area contributed by atoms with E-state index in [4.69, 9.17) is 10.00 Å². The second-order valence-electron chi connectivity index (χ2n) is 3.64. The average molecular weight is 203 g/mol. The van der Waals surface area contributed by atoms with Crippen molar-refractivity contribution < 1.29 is 4.74 Å². The van der Waals surface area contributed by atoms with Crippen LogP contribution in [0.1, 0.15) is 30.0 Å². The van der Waals surface area contributed by atoms with Gasteiger partial charge in [0, 0.05) is 6.42 Å². The predicted molar refractivity (Wildman–Crippen MR) is 61.0 cm³/mol. The van der Waals surface area contributed by atoms with Crippen LogP contribution >= 0.6 is 0 Å². The highest BCUT2D eigenvalue weighted by Gasteiger charge is 2.05. The zero-order valence-corrected chi connectivity index (χ0v) is 9.63. The molecule has 0 aromatic heterocycles. The molecule has 0 unspecified atom stereocenters. The number of ether oxygens (including phenoxy) is 1. The second kappa shape index (κ2) is 5.41. The van der Waals surface area contributed by atoms with E-state index in [1.807, 2.05) is 6.92 Å². The highest BCUT2D eigenvalue weighted by Crippen LogP contribution is 2.24. The van der Waals surface area contributed by atoms with Gasteiger partial charge in [0.15, 0.2) is 0 Å². The third-order valence-corrected chi connectivity index (χ3v) is 2.48. The van der Waals surface area contributed by atoms with E-state index in [1.165, 1.54) is 11.1 Å². The van der Waals surface area contributed by atoms with Crippen LogP contribution in [-0.2, 0) is 6.42 Å². The van der Waals surface area contributed by atoms with E-state index in [0.717, 1.165) is 17.7 Å². The van der Waals surface area contributed by atoms with Gasteiger partial charge in [-0.2, -0.15) is 5.26 Å². The van der Waals surface area contributed by atoms with Gasteiger partial charge in [-0.3, -0.25) is 0 Å². The Balaban J connectivity index is 2.99. The Bertz CT molecular complexity index is 377. The van der Waals surface area contributed by atoms with E-state index in [9.17, 15) is 0 Å². The first-order valence-corrected chi connectivity index (χ1v) is 5.29. The molecule has 0 radical (unpaired) electrons. The summed E-state index contributed by atoms with van der Waals surface area (Å²) in [5, 5.41) is 8.58. The van der Waals surface area contributed by atoms with Crippen LogP contribution in [0.15, 0.2) is 12.1 Å². The van der Waals surface area contributed by atoms with Gasteiger partial charge in [-0.1, -0.05) is 6.07 Å². The molecule has 2 nitrogen and oxygen atoms in total. The Morgan fingerprint density at radius 2 is 1.93 bits per heavy atom. The normalized spacial score (nSPS) is 9.73. The fourth-order valence-electron chi connectivity index (χ4n) is 1.53. The first-order valence-electron chi connectivity index (χ1n) is 5.29. The maximum absolute atomic E-state index is 8.58. The number of rotatable bonds is 4. The summed E-state index contributed by atoms with van der Waals surface area (Å²) in [6, 6.07) is 6.35. The molecule has 0 bridgehead atoms. The van der Waals surface area contributed by atoms with Crippen molar-refractivity contribution >= 4 is 0 Å². The summed E-state index contributed by atoms with van der Waals surface area (Å²) in [5.74, 6) is 0.927. The quantitative estimate of drug-likeness (QED) is 0.753. The minimum atomic E-state index is 0.544. The van der Waals surface area contributed by atoms with Gasteiger partial charge in [0.25, 0.3) is 0 Å². The lowest BCUT2D eigenvalue weighted by Gasteiger charge is -2.12. The van der Waals surface area contributed by atoms with Gasteiger partial charge in [0.1, 0.15) is 5.75 Å². The van der Waals surface area contributed by atoms with Crippen LogP contribution in [0.5, 0.6) is 5.75 Å². The summed E-state index contributed by atoms with van der Waals surface area (Å²) in [6.07, 6.45) is 1.32. The standard InChI is InChI=1S/C13H17NO/c1-4-15-13-9-11(3)10(2)8-12(13)6-5-7-14/h8-9H,4-6H2,1-3H3. The minimum Gasteiger partial charge on any atom is -0.494 e. The van der Waals surface area contributed by atoms with Crippen LogP contribution in [0.2, 0.25) is 0 Å². The Hall–Kier alpha value is -1.49. The molecule has 1 rings (SSSR count). The highest BCUT2D eigenvalue weighted by molar-refractivity contribution is 5.42. The Kier molecular flexibility index (Phi) is 4.17. The number of nitriles is 1. The largest absolute Gasteiger partial charge is 0.494 e. The highest BCUT2D eigenvalue weighted by atomic mass is 16.5. The molecule has 80 valence electrons. The molecule has 1 aromatic carbocycles. The number of benzene rings is 1. The fraction of sp³-hybridized carbons (Fsp3) is 0.462. The molecule has 2 heteroatoms. The van der Waals surface area contributed by atoms with Crippen LogP contribution in [-0.4, -0.2) is 6.61 Å². The summed E-state index contributed by atoms with van der Waals surface area (Å²) in [5.41, 5.74) is 3.63. The van der Waals surface area contributed by atoms with Crippen molar-refractivity contribution in [1.82, 2.24) is 0 Å². The van der Waals surface area contributed by atoms with Gasteiger partial charge in [-0.05, 0) is 49.9 Å². The number of aryl methyl sites for hydroxylation is 3. The molecule has 15 heavy (non-hydrogen) atoms. The zero-order chi connectivity index (χ0) is 11.3. The molecule has 0 fully saturated rings. The molecule has 1 aromatic rings. The van der Waals surface area contributed by atoms with E-state index in [1.54, 1.807) is 0 Å². The number of nitrogens with zero attached hydrogens (tertiary/aromatic N) is 1. The Labute approximate surface area is 91.5 Å². The fourth-order valence-corrected chi connectivity index (χ4v) is 1.53. The Morgan fingerprint density at radius 3 is 2.53 bits per heavy atom. The molecule has 0 spiro atoms. The van der Waals surface area contributed by atoms with Gasteiger partial charge >= 0.3 is 0 Å². The molecule has 0 saturated heterocycles. The lowest BCUT2D eigenvalue weighted by Crippen LogP contribution is -1.98. The van der Waals surface area contributed by atoms with Crippen molar-refractivity contribution in [2.24, 2.45) is 0 Å². The smallest absolute Gasteiger partial charge is 0.122 e. The van der Waals surface area contributed by atoms with Gasteiger partial charge in [-0.25, -0.2) is 0 Å². The van der Waals surface area contributed by atoms with Crippen molar-refractivity contribution in [2.75, 3.05) is 6.61 Å². The summed E-state index contributed by atoms with van der Waals surface area (Å²) in [6.45, 7) is 6.80. The first-order chi connectivity index (χ1) is 7.19. The minimum absolute atomic E-state index is 0.544. The molecule has 0 atom stereocenters.